The Balaban J connectivity index is 2.72. The van der Waals surface area contributed by atoms with Crippen molar-refractivity contribution in [2.45, 2.75) is 52.6 Å². The normalized spacial score (nSPS) is 12.9. The van der Waals surface area contributed by atoms with Crippen LogP contribution in [-0.2, 0) is 24.1 Å². The van der Waals surface area contributed by atoms with Crippen LogP contribution in [0.15, 0.2) is 0 Å². The Morgan fingerprint density at radius 3 is 2.63 bits per heavy atom. The standard InChI is InChI=1S/C14H26ClN3O/c1-5-12-14(15)13(18(7-3)17-12)9-8-11(10-19-4)16-6-2/h11,16H,5-10H2,1-4H3. The van der Waals surface area contributed by atoms with Gasteiger partial charge in [-0.2, -0.15) is 5.10 Å². The number of methoxy groups -OCH3 is 1. The average molecular weight is 288 g/mol. The molecule has 0 aliphatic rings. The molecule has 0 radical (unpaired) electrons. The Morgan fingerprint density at radius 1 is 1.37 bits per heavy atom. The number of rotatable bonds is 9. The number of nitrogens with zero attached hydrogens (tertiary/aromatic N) is 2. The highest BCUT2D eigenvalue weighted by Gasteiger charge is 2.16. The molecule has 1 unspecified atom stereocenters. The fourth-order valence-corrected chi connectivity index (χ4v) is 2.66. The molecule has 0 bridgehead atoms. The van der Waals surface area contributed by atoms with E-state index in [4.69, 9.17) is 16.3 Å². The van der Waals surface area contributed by atoms with E-state index in [-0.39, 0.29) is 0 Å². The second-order valence-corrected chi connectivity index (χ2v) is 5.00. The zero-order valence-electron chi connectivity index (χ0n) is 12.5. The molecule has 19 heavy (non-hydrogen) atoms. The topological polar surface area (TPSA) is 39.1 Å². The molecule has 1 heterocycles. The molecular weight excluding hydrogens is 262 g/mol. The number of aromatic nitrogens is 2. The maximum Gasteiger partial charge on any atom is 0.0849 e. The van der Waals surface area contributed by atoms with Crippen molar-refractivity contribution in [1.29, 1.82) is 0 Å². The first-order chi connectivity index (χ1) is 9.17. The Labute approximate surface area is 121 Å². The van der Waals surface area contributed by atoms with Gasteiger partial charge in [-0.05, 0) is 32.7 Å². The van der Waals surface area contributed by atoms with E-state index in [0.717, 1.165) is 55.4 Å². The van der Waals surface area contributed by atoms with Crippen LogP contribution < -0.4 is 5.32 Å². The van der Waals surface area contributed by atoms with Crippen LogP contribution >= 0.6 is 11.6 Å². The van der Waals surface area contributed by atoms with E-state index < -0.39 is 0 Å². The number of likely N-dealkylation sites (N-methyl/N-ethyl adjacent to an activating group) is 1. The zero-order chi connectivity index (χ0) is 14.3. The van der Waals surface area contributed by atoms with Crippen molar-refractivity contribution in [2.75, 3.05) is 20.3 Å². The van der Waals surface area contributed by atoms with Crippen molar-refractivity contribution in [1.82, 2.24) is 15.1 Å². The lowest BCUT2D eigenvalue weighted by Crippen LogP contribution is -2.33. The van der Waals surface area contributed by atoms with Crippen LogP contribution in [0.3, 0.4) is 0 Å². The highest BCUT2D eigenvalue weighted by Crippen LogP contribution is 2.23. The third-order valence-electron chi connectivity index (χ3n) is 3.28. The summed E-state index contributed by atoms with van der Waals surface area (Å²) in [4.78, 5) is 0. The summed E-state index contributed by atoms with van der Waals surface area (Å²) in [5, 5.41) is 8.83. The monoisotopic (exact) mass is 287 g/mol. The number of nitrogens with one attached hydrogen (secondary N) is 1. The molecule has 0 aliphatic heterocycles. The van der Waals surface area contributed by atoms with E-state index in [0.29, 0.717) is 6.04 Å². The van der Waals surface area contributed by atoms with E-state index in [1.807, 2.05) is 4.68 Å². The molecule has 0 aromatic carbocycles. The summed E-state index contributed by atoms with van der Waals surface area (Å²) in [6, 6.07) is 0.372. The van der Waals surface area contributed by atoms with Gasteiger partial charge in [-0.3, -0.25) is 4.68 Å². The summed E-state index contributed by atoms with van der Waals surface area (Å²) in [5.41, 5.74) is 2.16. The van der Waals surface area contributed by atoms with Gasteiger partial charge in [0.1, 0.15) is 0 Å². The Hall–Kier alpha value is -0.580. The van der Waals surface area contributed by atoms with Crippen molar-refractivity contribution in [3.8, 4) is 0 Å². The van der Waals surface area contributed by atoms with Gasteiger partial charge in [-0.15, -0.1) is 0 Å². The smallest absolute Gasteiger partial charge is 0.0849 e. The molecule has 0 spiro atoms. The second-order valence-electron chi connectivity index (χ2n) is 4.63. The van der Waals surface area contributed by atoms with E-state index in [1.165, 1.54) is 0 Å². The molecular formula is C14H26ClN3O. The van der Waals surface area contributed by atoms with Gasteiger partial charge in [0.05, 0.1) is 23.0 Å². The molecule has 1 aromatic rings. The van der Waals surface area contributed by atoms with Gasteiger partial charge in [-0.1, -0.05) is 25.4 Å². The molecule has 5 heteroatoms. The molecule has 0 saturated heterocycles. The quantitative estimate of drug-likeness (QED) is 0.759. The van der Waals surface area contributed by atoms with Crippen LogP contribution in [0.2, 0.25) is 5.02 Å². The highest BCUT2D eigenvalue weighted by atomic mass is 35.5. The van der Waals surface area contributed by atoms with Crippen LogP contribution in [0, 0.1) is 0 Å². The summed E-state index contributed by atoms with van der Waals surface area (Å²) in [7, 11) is 1.74. The van der Waals surface area contributed by atoms with Gasteiger partial charge in [0.25, 0.3) is 0 Å². The zero-order valence-corrected chi connectivity index (χ0v) is 13.3. The van der Waals surface area contributed by atoms with Crippen LogP contribution in [0.4, 0.5) is 0 Å². The minimum absolute atomic E-state index is 0.372. The lowest BCUT2D eigenvalue weighted by molar-refractivity contribution is 0.163. The molecule has 0 aliphatic carbocycles. The molecule has 0 saturated carbocycles. The lowest BCUT2D eigenvalue weighted by Gasteiger charge is -2.17. The van der Waals surface area contributed by atoms with Gasteiger partial charge >= 0.3 is 0 Å². The first kappa shape index (κ1) is 16.5. The number of hydrogen-bond acceptors (Lipinski definition) is 3. The summed E-state index contributed by atoms with van der Waals surface area (Å²) in [5.74, 6) is 0. The van der Waals surface area contributed by atoms with Gasteiger partial charge in [-0.25, -0.2) is 0 Å². The van der Waals surface area contributed by atoms with Crippen LogP contribution in [0.25, 0.3) is 0 Å². The van der Waals surface area contributed by atoms with Crippen LogP contribution in [0.1, 0.15) is 38.6 Å². The minimum Gasteiger partial charge on any atom is -0.383 e. The van der Waals surface area contributed by atoms with Crippen molar-refractivity contribution in [2.24, 2.45) is 0 Å². The van der Waals surface area contributed by atoms with E-state index in [2.05, 4.69) is 31.2 Å². The maximum atomic E-state index is 6.41. The number of ether oxygens (including phenoxy) is 1. The van der Waals surface area contributed by atoms with Crippen molar-refractivity contribution >= 4 is 11.6 Å². The Kier molecular flexibility index (Phi) is 7.42. The first-order valence-corrected chi connectivity index (χ1v) is 7.51. The predicted molar refractivity (Wildman–Crippen MR) is 80.0 cm³/mol. The molecule has 0 fully saturated rings. The highest BCUT2D eigenvalue weighted by molar-refractivity contribution is 6.31. The summed E-state index contributed by atoms with van der Waals surface area (Å²) in [6.45, 7) is 8.85. The predicted octanol–water partition coefficient (Wildman–Crippen LogP) is 2.68. The third kappa shape index (κ3) is 4.48. The van der Waals surface area contributed by atoms with Gasteiger partial charge < -0.3 is 10.1 Å². The fourth-order valence-electron chi connectivity index (χ4n) is 2.30. The number of hydrogen-bond donors (Lipinski definition) is 1. The van der Waals surface area contributed by atoms with Crippen LogP contribution in [0.5, 0.6) is 0 Å². The minimum atomic E-state index is 0.372. The van der Waals surface area contributed by atoms with Crippen LogP contribution in [-0.4, -0.2) is 36.1 Å². The summed E-state index contributed by atoms with van der Waals surface area (Å²) in [6.07, 6.45) is 2.82. The Morgan fingerprint density at radius 2 is 2.11 bits per heavy atom. The SMILES string of the molecule is CCNC(CCc1c(Cl)c(CC)nn1CC)COC. The van der Waals surface area contributed by atoms with Crippen molar-refractivity contribution < 1.29 is 4.74 Å². The Bertz CT molecular complexity index is 373. The van der Waals surface area contributed by atoms with E-state index >= 15 is 0 Å². The molecule has 4 nitrogen and oxygen atoms in total. The summed E-state index contributed by atoms with van der Waals surface area (Å²) >= 11 is 6.41. The largest absolute Gasteiger partial charge is 0.383 e. The van der Waals surface area contributed by atoms with Gasteiger partial charge in [0.15, 0.2) is 0 Å². The van der Waals surface area contributed by atoms with Gasteiger partial charge in [0, 0.05) is 19.7 Å². The van der Waals surface area contributed by atoms with Crippen molar-refractivity contribution in [3.63, 3.8) is 0 Å². The molecule has 1 aromatic heterocycles. The van der Waals surface area contributed by atoms with E-state index in [9.17, 15) is 0 Å². The van der Waals surface area contributed by atoms with Gasteiger partial charge in [0.2, 0.25) is 0 Å². The second kappa shape index (κ2) is 8.56. The lowest BCUT2D eigenvalue weighted by atomic mass is 10.1. The number of aryl methyl sites for hydroxylation is 2. The average Bonchev–Trinajstić information content (AvgIpc) is 2.72. The first-order valence-electron chi connectivity index (χ1n) is 7.14. The molecule has 0 amide bonds. The molecule has 110 valence electrons. The molecule has 1 rings (SSSR count). The summed E-state index contributed by atoms with van der Waals surface area (Å²) < 4.78 is 7.27. The number of halogens is 1. The fraction of sp³-hybridized carbons (Fsp3) is 0.786. The maximum absolute atomic E-state index is 6.41. The van der Waals surface area contributed by atoms with Crippen molar-refractivity contribution in [3.05, 3.63) is 16.4 Å². The van der Waals surface area contributed by atoms with E-state index in [1.54, 1.807) is 7.11 Å². The molecule has 1 N–H and O–H groups in total. The molecule has 1 atom stereocenters. The third-order valence-corrected chi connectivity index (χ3v) is 3.72.